The van der Waals surface area contributed by atoms with Gasteiger partial charge in [-0.1, -0.05) is 35.6 Å². The fourth-order valence-corrected chi connectivity index (χ4v) is 5.23. The minimum absolute atomic E-state index is 0.0932. The molecule has 8 heteroatoms. The molecule has 0 unspecified atom stereocenters. The summed E-state index contributed by atoms with van der Waals surface area (Å²) in [5, 5.41) is 0. The summed E-state index contributed by atoms with van der Waals surface area (Å²) >= 11 is 3.54. The fourth-order valence-electron chi connectivity index (χ4n) is 3.46. The molecule has 0 aliphatic rings. The Morgan fingerprint density at radius 2 is 1.94 bits per heavy atom. The number of fused-ring (bicyclic) bond motifs is 3. The normalized spacial score (nSPS) is 12.0. The van der Waals surface area contributed by atoms with Crippen LogP contribution < -0.4 is 19.6 Å². The molecule has 5 nitrogen and oxygen atoms in total. The van der Waals surface area contributed by atoms with Gasteiger partial charge in [-0.25, -0.2) is 13.8 Å². The van der Waals surface area contributed by atoms with Crippen molar-refractivity contribution in [2.24, 2.45) is 0 Å². The molecule has 3 aromatic carbocycles. The van der Waals surface area contributed by atoms with E-state index in [-0.39, 0.29) is 18.0 Å². The summed E-state index contributed by atoms with van der Waals surface area (Å²) < 4.78 is 27.7. The number of benzene rings is 3. The Kier molecular flexibility index (Phi) is 5.56. The molecule has 2 aromatic heterocycles. The number of nitrogens with zero attached hydrogens (tertiary/aromatic N) is 2. The predicted octanol–water partition coefficient (Wildman–Crippen LogP) is 4.79. The summed E-state index contributed by atoms with van der Waals surface area (Å²) in [5.41, 5.74) is 3.20. The van der Waals surface area contributed by atoms with Crippen LogP contribution in [0.25, 0.3) is 22.1 Å². The first kappa shape index (κ1) is 20.9. The first-order valence-corrected chi connectivity index (χ1v) is 11.6. The zero-order valence-electron chi connectivity index (χ0n) is 16.8. The van der Waals surface area contributed by atoms with Crippen molar-refractivity contribution < 1.29 is 13.9 Å². The Hall–Kier alpha value is -2.98. The molecule has 0 aliphatic heterocycles. The zero-order valence-corrected chi connectivity index (χ0v) is 19.8. The predicted molar refractivity (Wildman–Crippen MR) is 132 cm³/mol. The van der Waals surface area contributed by atoms with Gasteiger partial charge in [-0.05, 0) is 76.2 Å². The molecular formula is C24H16FIN2O3S. The van der Waals surface area contributed by atoms with Crippen molar-refractivity contribution in [1.82, 2.24) is 9.38 Å². The van der Waals surface area contributed by atoms with E-state index >= 15 is 0 Å². The maximum atomic E-state index is 13.1. The zero-order chi connectivity index (χ0) is 22.2. The molecule has 5 aromatic rings. The van der Waals surface area contributed by atoms with E-state index < -0.39 is 0 Å². The Balaban J connectivity index is 1.51. The van der Waals surface area contributed by atoms with Crippen molar-refractivity contribution >= 4 is 56.0 Å². The highest BCUT2D eigenvalue weighted by molar-refractivity contribution is 14.1. The third kappa shape index (κ3) is 3.84. The molecule has 0 atom stereocenters. The topological polar surface area (TPSA) is 52.8 Å². The maximum Gasteiger partial charge on any atom is 0.274 e. The van der Waals surface area contributed by atoms with E-state index in [2.05, 4.69) is 27.6 Å². The minimum Gasteiger partial charge on any atom is -0.493 e. The van der Waals surface area contributed by atoms with Gasteiger partial charge in [0.2, 0.25) is 0 Å². The van der Waals surface area contributed by atoms with E-state index in [4.69, 9.17) is 9.47 Å². The van der Waals surface area contributed by atoms with Gasteiger partial charge in [0.05, 0.1) is 26.2 Å². The van der Waals surface area contributed by atoms with Crippen molar-refractivity contribution in [3.63, 3.8) is 0 Å². The van der Waals surface area contributed by atoms with E-state index in [9.17, 15) is 9.18 Å². The molecule has 0 radical (unpaired) electrons. The Bertz CT molecular complexity index is 1560. The van der Waals surface area contributed by atoms with Crippen LogP contribution in [0.5, 0.6) is 11.5 Å². The number of methoxy groups -OCH3 is 1. The number of halogens is 2. The van der Waals surface area contributed by atoms with Crippen LogP contribution in [0.4, 0.5) is 4.39 Å². The molecule has 32 heavy (non-hydrogen) atoms. The SMILES string of the molecule is COc1cc(/C=c2\sc3nc4ccccc4n3c2=O)cc(I)c1OCc1ccc(F)cc1. The second kappa shape index (κ2) is 8.51. The van der Waals surface area contributed by atoms with Gasteiger partial charge in [0.25, 0.3) is 5.56 Å². The lowest BCUT2D eigenvalue weighted by atomic mass is 10.2. The van der Waals surface area contributed by atoms with Crippen molar-refractivity contribution in [3.8, 4) is 11.5 Å². The third-order valence-corrected chi connectivity index (χ3v) is 6.76. The van der Waals surface area contributed by atoms with E-state index in [0.717, 1.165) is 25.7 Å². The van der Waals surface area contributed by atoms with Crippen LogP contribution in [-0.4, -0.2) is 16.5 Å². The van der Waals surface area contributed by atoms with Gasteiger partial charge in [-0.2, -0.15) is 0 Å². The number of aromatic nitrogens is 2. The first-order valence-electron chi connectivity index (χ1n) is 9.70. The molecule has 0 bridgehead atoms. The second-order valence-electron chi connectivity index (χ2n) is 7.08. The van der Waals surface area contributed by atoms with Gasteiger partial charge in [0, 0.05) is 0 Å². The van der Waals surface area contributed by atoms with Gasteiger partial charge in [0.15, 0.2) is 16.5 Å². The van der Waals surface area contributed by atoms with Crippen molar-refractivity contribution in [1.29, 1.82) is 0 Å². The van der Waals surface area contributed by atoms with Crippen molar-refractivity contribution in [2.75, 3.05) is 7.11 Å². The smallest absolute Gasteiger partial charge is 0.274 e. The van der Waals surface area contributed by atoms with Crippen LogP contribution >= 0.6 is 33.9 Å². The van der Waals surface area contributed by atoms with Crippen molar-refractivity contribution in [2.45, 2.75) is 6.61 Å². The standard InChI is InChI=1S/C24H16FIN2O3S/c1-30-20-11-15(10-17(26)22(20)31-13-14-6-8-16(25)9-7-14)12-21-23(29)28-19-5-3-2-4-18(19)27-24(28)32-21/h2-12H,13H2,1H3/b21-12-. The molecular weight excluding hydrogens is 542 g/mol. The molecule has 0 fully saturated rings. The number of hydrogen-bond donors (Lipinski definition) is 0. The molecule has 5 rings (SSSR count). The summed E-state index contributed by atoms with van der Waals surface area (Å²) in [5.74, 6) is 0.876. The van der Waals surface area contributed by atoms with Crippen LogP contribution in [0.2, 0.25) is 0 Å². The highest BCUT2D eigenvalue weighted by Gasteiger charge is 2.14. The summed E-state index contributed by atoms with van der Waals surface area (Å²) in [4.78, 5) is 18.2. The third-order valence-electron chi connectivity index (χ3n) is 4.99. The monoisotopic (exact) mass is 558 g/mol. The average Bonchev–Trinajstić information content (AvgIpc) is 3.30. The molecule has 160 valence electrons. The van der Waals surface area contributed by atoms with Gasteiger partial charge >= 0.3 is 0 Å². The molecule has 0 amide bonds. The Morgan fingerprint density at radius 3 is 2.72 bits per heavy atom. The molecule has 0 saturated carbocycles. The molecule has 2 heterocycles. The van der Waals surface area contributed by atoms with Crippen LogP contribution in [0.15, 0.2) is 65.5 Å². The number of rotatable bonds is 5. The number of imidazole rings is 1. The van der Waals surface area contributed by atoms with Crippen LogP contribution in [0.3, 0.4) is 0 Å². The van der Waals surface area contributed by atoms with E-state index in [1.165, 1.54) is 23.5 Å². The molecule has 0 saturated heterocycles. The molecule has 0 N–H and O–H groups in total. The van der Waals surface area contributed by atoms with Gasteiger partial charge < -0.3 is 9.47 Å². The second-order valence-corrected chi connectivity index (χ2v) is 9.25. The quantitative estimate of drug-likeness (QED) is 0.292. The summed E-state index contributed by atoms with van der Waals surface area (Å²) in [7, 11) is 1.57. The fraction of sp³-hybridized carbons (Fsp3) is 0.0833. The van der Waals surface area contributed by atoms with Crippen LogP contribution in [-0.2, 0) is 6.61 Å². The Morgan fingerprint density at radius 1 is 1.16 bits per heavy atom. The summed E-state index contributed by atoms with van der Waals surface area (Å²) in [6, 6.07) is 17.5. The summed E-state index contributed by atoms with van der Waals surface area (Å²) in [6.07, 6.45) is 1.84. The van der Waals surface area contributed by atoms with Gasteiger partial charge in [-0.3, -0.25) is 4.79 Å². The lowest BCUT2D eigenvalue weighted by Gasteiger charge is -2.13. The van der Waals surface area contributed by atoms with Gasteiger partial charge in [-0.15, -0.1) is 0 Å². The number of ether oxygens (including phenoxy) is 2. The average molecular weight is 558 g/mol. The lowest BCUT2D eigenvalue weighted by molar-refractivity contribution is 0.282. The Labute approximate surface area is 199 Å². The molecule has 0 aliphatic carbocycles. The maximum absolute atomic E-state index is 13.1. The van der Waals surface area contributed by atoms with E-state index in [1.807, 2.05) is 42.5 Å². The first-order chi connectivity index (χ1) is 15.5. The number of para-hydroxylation sites is 2. The minimum atomic E-state index is -0.285. The summed E-state index contributed by atoms with van der Waals surface area (Å²) in [6.45, 7) is 0.287. The lowest BCUT2D eigenvalue weighted by Crippen LogP contribution is -2.22. The highest BCUT2D eigenvalue weighted by Crippen LogP contribution is 2.35. The van der Waals surface area contributed by atoms with Crippen LogP contribution in [0.1, 0.15) is 11.1 Å². The van der Waals surface area contributed by atoms with Crippen LogP contribution in [0, 0.1) is 9.39 Å². The highest BCUT2D eigenvalue weighted by atomic mass is 127. The van der Waals surface area contributed by atoms with Crippen molar-refractivity contribution in [3.05, 3.63) is 96.1 Å². The van der Waals surface area contributed by atoms with E-state index in [0.29, 0.717) is 21.0 Å². The number of thiazole rings is 1. The van der Waals surface area contributed by atoms with Gasteiger partial charge in [0.1, 0.15) is 12.4 Å². The largest absolute Gasteiger partial charge is 0.493 e. The number of hydrogen-bond acceptors (Lipinski definition) is 5. The molecule has 0 spiro atoms. The van der Waals surface area contributed by atoms with E-state index in [1.54, 1.807) is 23.6 Å².